The van der Waals surface area contributed by atoms with Gasteiger partial charge in [0.2, 0.25) is 0 Å². The van der Waals surface area contributed by atoms with Crippen LogP contribution >= 0.6 is 11.8 Å². The maximum Gasteiger partial charge on any atom is 0.251 e. The van der Waals surface area contributed by atoms with Crippen LogP contribution in [0.1, 0.15) is 41.3 Å². The summed E-state index contributed by atoms with van der Waals surface area (Å²) in [7, 11) is 0. The van der Waals surface area contributed by atoms with Crippen molar-refractivity contribution < 1.29 is 14.3 Å². The lowest BCUT2D eigenvalue weighted by Crippen LogP contribution is -2.38. The molecular formula is C18H23NO3S. The van der Waals surface area contributed by atoms with Gasteiger partial charge in [0, 0.05) is 11.3 Å². The lowest BCUT2D eigenvalue weighted by atomic mass is 10.0. The molecule has 1 aromatic heterocycles. The van der Waals surface area contributed by atoms with Crippen LogP contribution in [0.25, 0.3) is 0 Å². The third kappa shape index (κ3) is 4.88. The maximum atomic E-state index is 12.2. The van der Waals surface area contributed by atoms with Gasteiger partial charge in [0.15, 0.2) is 0 Å². The van der Waals surface area contributed by atoms with Crippen LogP contribution in [-0.4, -0.2) is 23.3 Å². The number of hydrogen-bond acceptors (Lipinski definition) is 4. The Morgan fingerprint density at radius 1 is 1.26 bits per heavy atom. The van der Waals surface area contributed by atoms with Crippen molar-refractivity contribution in [2.75, 3.05) is 12.3 Å². The van der Waals surface area contributed by atoms with E-state index in [0.717, 1.165) is 17.3 Å². The molecule has 1 unspecified atom stereocenters. The lowest BCUT2D eigenvalue weighted by molar-refractivity contribution is 0.0323. The molecule has 4 nitrogen and oxygen atoms in total. The molecule has 0 spiro atoms. The fourth-order valence-electron chi connectivity index (χ4n) is 2.14. The molecule has 0 aliphatic rings. The number of hydrogen-bond donors (Lipinski definition) is 2. The summed E-state index contributed by atoms with van der Waals surface area (Å²) in [4.78, 5) is 12.2. The number of aryl methyl sites for hydroxylation is 1. The number of rotatable bonds is 7. The molecule has 0 radical (unpaired) electrons. The number of amides is 1. The Labute approximate surface area is 141 Å². The molecule has 2 rings (SSSR count). The fraction of sp³-hybridized carbons (Fsp3) is 0.389. The molecule has 1 amide bonds. The van der Waals surface area contributed by atoms with Gasteiger partial charge in [-0.15, -0.1) is 0 Å². The van der Waals surface area contributed by atoms with Crippen molar-refractivity contribution in [1.29, 1.82) is 0 Å². The molecule has 1 aromatic carbocycles. The van der Waals surface area contributed by atoms with E-state index in [-0.39, 0.29) is 12.5 Å². The molecule has 0 fully saturated rings. The van der Waals surface area contributed by atoms with E-state index in [9.17, 15) is 9.90 Å². The van der Waals surface area contributed by atoms with Gasteiger partial charge in [-0.2, -0.15) is 11.8 Å². The molecule has 0 bridgehead atoms. The van der Waals surface area contributed by atoms with Gasteiger partial charge in [-0.3, -0.25) is 4.79 Å². The predicted molar refractivity (Wildman–Crippen MR) is 93.6 cm³/mol. The first kappa shape index (κ1) is 17.6. The fourth-order valence-corrected chi connectivity index (χ4v) is 2.77. The van der Waals surface area contributed by atoms with Crippen LogP contribution in [0, 0.1) is 6.92 Å². The number of furan rings is 1. The van der Waals surface area contributed by atoms with Gasteiger partial charge < -0.3 is 14.8 Å². The first-order valence-corrected chi connectivity index (χ1v) is 8.82. The lowest BCUT2D eigenvalue weighted by Gasteiger charge is -2.21. The third-order valence-electron chi connectivity index (χ3n) is 3.55. The molecular weight excluding hydrogens is 310 g/mol. The zero-order valence-electron chi connectivity index (χ0n) is 13.8. The largest absolute Gasteiger partial charge is 0.463 e. The summed E-state index contributed by atoms with van der Waals surface area (Å²) < 4.78 is 5.44. The normalized spacial score (nSPS) is 13.6. The maximum absolute atomic E-state index is 12.2. The summed E-state index contributed by atoms with van der Waals surface area (Å²) in [6.45, 7) is 5.65. The van der Waals surface area contributed by atoms with Gasteiger partial charge in [-0.1, -0.05) is 19.1 Å². The van der Waals surface area contributed by atoms with Crippen molar-refractivity contribution in [3.8, 4) is 0 Å². The van der Waals surface area contributed by atoms with Gasteiger partial charge in [-0.25, -0.2) is 0 Å². The Balaban J connectivity index is 1.93. The summed E-state index contributed by atoms with van der Waals surface area (Å²) in [5.41, 5.74) is 0.551. The molecule has 23 heavy (non-hydrogen) atoms. The average molecular weight is 333 g/mol. The second-order valence-electron chi connectivity index (χ2n) is 5.70. The summed E-state index contributed by atoms with van der Waals surface area (Å²) in [6, 6.07) is 11.1. The van der Waals surface area contributed by atoms with Crippen molar-refractivity contribution >= 4 is 17.7 Å². The van der Waals surface area contributed by atoms with E-state index in [0.29, 0.717) is 11.3 Å². The van der Waals surface area contributed by atoms with Gasteiger partial charge >= 0.3 is 0 Å². The number of nitrogens with one attached hydrogen (secondary N) is 1. The van der Waals surface area contributed by atoms with Gasteiger partial charge in [0.25, 0.3) is 5.91 Å². The Hall–Kier alpha value is -1.72. The zero-order valence-corrected chi connectivity index (χ0v) is 14.6. The molecule has 1 atom stereocenters. The van der Waals surface area contributed by atoms with E-state index in [4.69, 9.17) is 4.42 Å². The highest BCUT2D eigenvalue weighted by molar-refractivity contribution is 7.98. The summed E-state index contributed by atoms with van der Waals surface area (Å²) in [5.74, 6) is 2.99. The van der Waals surface area contributed by atoms with Crippen LogP contribution in [0.4, 0.5) is 0 Å². The minimum atomic E-state index is -1.23. The highest BCUT2D eigenvalue weighted by atomic mass is 32.2. The number of carbonyl (C=O) groups is 1. The Bertz CT molecular complexity index is 647. The SMILES string of the molecule is CCSCc1ccc(C(=O)NCC(C)(O)c2ccc(C)o2)cc1. The van der Waals surface area contributed by atoms with Gasteiger partial charge in [0.05, 0.1) is 6.54 Å². The monoisotopic (exact) mass is 333 g/mol. The van der Waals surface area contributed by atoms with Crippen LogP contribution in [0.3, 0.4) is 0 Å². The zero-order chi connectivity index (χ0) is 16.9. The molecule has 124 valence electrons. The minimum Gasteiger partial charge on any atom is -0.463 e. The summed E-state index contributed by atoms with van der Waals surface area (Å²) in [6.07, 6.45) is 0. The van der Waals surface area contributed by atoms with E-state index in [1.165, 1.54) is 5.56 Å². The number of carbonyl (C=O) groups excluding carboxylic acids is 1. The standard InChI is InChI=1S/C18H23NO3S/c1-4-23-11-14-6-8-15(9-7-14)17(20)19-12-18(3,21)16-10-5-13(2)22-16/h5-10,21H,4,11-12H2,1-3H3,(H,19,20). The van der Waals surface area contributed by atoms with Crippen molar-refractivity contribution in [3.05, 3.63) is 59.0 Å². The highest BCUT2D eigenvalue weighted by Crippen LogP contribution is 2.22. The molecule has 1 heterocycles. The Morgan fingerprint density at radius 2 is 1.96 bits per heavy atom. The Kier molecular flexibility index (Phi) is 5.91. The van der Waals surface area contributed by atoms with E-state index in [1.54, 1.807) is 19.1 Å². The van der Waals surface area contributed by atoms with E-state index in [1.807, 2.05) is 43.0 Å². The average Bonchev–Trinajstić information content (AvgIpc) is 2.98. The van der Waals surface area contributed by atoms with Crippen molar-refractivity contribution in [1.82, 2.24) is 5.32 Å². The van der Waals surface area contributed by atoms with Crippen LogP contribution in [0.5, 0.6) is 0 Å². The number of benzene rings is 1. The second kappa shape index (κ2) is 7.70. The molecule has 0 saturated carbocycles. The van der Waals surface area contributed by atoms with Crippen LogP contribution < -0.4 is 5.32 Å². The van der Waals surface area contributed by atoms with Crippen molar-refractivity contribution in [3.63, 3.8) is 0 Å². The van der Waals surface area contributed by atoms with Gasteiger partial charge in [0.1, 0.15) is 17.1 Å². The smallest absolute Gasteiger partial charge is 0.251 e. The summed E-state index contributed by atoms with van der Waals surface area (Å²) in [5, 5.41) is 13.2. The Morgan fingerprint density at radius 3 is 2.52 bits per heavy atom. The quantitative estimate of drug-likeness (QED) is 0.814. The molecule has 2 N–H and O–H groups in total. The molecule has 2 aromatic rings. The topological polar surface area (TPSA) is 62.5 Å². The first-order valence-electron chi connectivity index (χ1n) is 7.66. The van der Waals surface area contributed by atoms with E-state index < -0.39 is 5.60 Å². The number of aliphatic hydroxyl groups is 1. The van der Waals surface area contributed by atoms with Crippen LogP contribution in [0.2, 0.25) is 0 Å². The molecule has 0 saturated heterocycles. The third-order valence-corrected chi connectivity index (χ3v) is 4.50. The molecule has 0 aliphatic carbocycles. The van der Waals surface area contributed by atoms with Crippen LogP contribution in [-0.2, 0) is 11.4 Å². The first-order chi connectivity index (χ1) is 10.9. The van der Waals surface area contributed by atoms with E-state index in [2.05, 4.69) is 12.2 Å². The summed E-state index contributed by atoms with van der Waals surface area (Å²) >= 11 is 1.84. The minimum absolute atomic E-state index is 0.0895. The highest BCUT2D eigenvalue weighted by Gasteiger charge is 2.27. The van der Waals surface area contributed by atoms with Crippen molar-refractivity contribution in [2.24, 2.45) is 0 Å². The second-order valence-corrected chi connectivity index (χ2v) is 6.98. The number of thioether (sulfide) groups is 1. The predicted octanol–water partition coefficient (Wildman–Crippen LogP) is 3.48. The van der Waals surface area contributed by atoms with Gasteiger partial charge in [-0.05, 0) is 49.4 Å². The van der Waals surface area contributed by atoms with Crippen molar-refractivity contribution in [2.45, 2.75) is 32.1 Å². The molecule has 5 heteroatoms. The van der Waals surface area contributed by atoms with E-state index >= 15 is 0 Å². The molecule has 0 aliphatic heterocycles. The van der Waals surface area contributed by atoms with Crippen LogP contribution in [0.15, 0.2) is 40.8 Å².